The summed E-state index contributed by atoms with van der Waals surface area (Å²) < 4.78 is 0. The molecule has 1 rings (SSSR count). The van der Waals surface area contributed by atoms with Gasteiger partial charge < -0.3 is 0 Å². The first-order valence-corrected chi connectivity index (χ1v) is 6.83. The molecular formula is C15H30. The molecule has 0 saturated heterocycles. The normalized spacial score (nSPS) is 32.2. The van der Waals surface area contributed by atoms with Crippen LogP contribution in [0.5, 0.6) is 0 Å². The highest BCUT2D eigenvalue weighted by Gasteiger charge is 2.27. The average molecular weight is 210 g/mol. The molecule has 0 heteroatoms. The molecule has 1 aliphatic rings. The first-order valence-electron chi connectivity index (χ1n) is 6.83. The lowest BCUT2D eigenvalue weighted by Crippen LogP contribution is -2.24. The van der Waals surface area contributed by atoms with Crippen LogP contribution in [0.1, 0.15) is 79.6 Å². The zero-order chi connectivity index (χ0) is 11.5. The Kier molecular flexibility index (Phi) is 4.26. The van der Waals surface area contributed by atoms with Crippen LogP contribution >= 0.6 is 0 Å². The van der Waals surface area contributed by atoms with Gasteiger partial charge in [0.25, 0.3) is 0 Å². The van der Waals surface area contributed by atoms with Gasteiger partial charge >= 0.3 is 0 Å². The maximum Gasteiger partial charge on any atom is -0.0329 e. The molecule has 0 nitrogen and oxygen atoms in total. The van der Waals surface area contributed by atoms with E-state index in [1.807, 2.05) is 0 Å². The van der Waals surface area contributed by atoms with Crippen LogP contribution in [0.2, 0.25) is 0 Å². The van der Waals surface area contributed by atoms with E-state index in [1.54, 1.807) is 0 Å². The summed E-state index contributed by atoms with van der Waals surface area (Å²) in [5.41, 5.74) is 1.17. The molecule has 0 heterocycles. The maximum atomic E-state index is 2.46. The molecule has 90 valence electrons. The highest BCUT2D eigenvalue weighted by atomic mass is 14.3. The van der Waals surface area contributed by atoms with Gasteiger partial charge in [0.05, 0.1) is 0 Å². The molecular weight excluding hydrogens is 180 g/mol. The minimum atomic E-state index is 0.571. The van der Waals surface area contributed by atoms with Crippen LogP contribution < -0.4 is 0 Å². The molecule has 1 atom stereocenters. The summed E-state index contributed by atoms with van der Waals surface area (Å²) in [7, 11) is 0. The molecule has 1 fully saturated rings. The van der Waals surface area contributed by atoms with Crippen LogP contribution in [0.3, 0.4) is 0 Å². The number of hydrogen-bond donors (Lipinski definition) is 0. The fourth-order valence-corrected chi connectivity index (χ4v) is 2.83. The Hall–Kier alpha value is 0. The third-order valence-corrected chi connectivity index (χ3v) is 4.75. The van der Waals surface area contributed by atoms with Crippen molar-refractivity contribution < 1.29 is 0 Å². The molecule has 1 aliphatic carbocycles. The van der Waals surface area contributed by atoms with Gasteiger partial charge in [-0.2, -0.15) is 0 Å². The van der Waals surface area contributed by atoms with Crippen molar-refractivity contribution in [3.63, 3.8) is 0 Å². The van der Waals surface area contributed by atoms with E-state index >= 15 is 0 Å². The van der Waals surface area contributed by atoms with E-state index in [9.17, 15) is 0 Å². The second-order valence-corrected chi connectivity index (χ2v) is 7.15. The summed E-state index contributed by atoms with van der Waals surface area (Å²) in [5, 5.41) is 0. The Morgan fingerprint density at radius 1 is 0.800 bits per heavy atom. The molecule has 0 aromatic rings. The molecule has 0 spiro atoms. The predicted molar refractivity (Wildman–Crippen MR) is 69.0 cm³/mol. The standard InChI is InChI=1S/C15H30/c1-13-9-8-11-14(2,3)10-6-7-12-15(13,4)5/h13H,6-12H2,1-5H3. The van der Waals surface area contributed by atoms with Crippen molar-refractivity contribution in [3.8, 4) is 0 Å². The van der Waals surface area contributed by atoms with Gasteiger partial charge in [-0.15, -0.1) is 0 Å². The van der Waals surface area contributed by atoms with Crippen LogP contribution in [-0.4, -0.2) is 0 Å². The minimum Gasteiger partial charge on any atom is -0.0620 e. The summed E-state index contributed by atoms with van der Waals surface area (Å²) in [4.78, 5) is 0. The summed E-state index contributed by atoms with van der Waals surface area (Å²) in [6.07, 6.45) is 9.99. The second-order valence-electron chi connectivity index (χ2n) is 7.15. The van der Waals surface area contributed by atoms with Crippen molar-refractivity contribution in [2.24, 2.45) is 16.7 Å². The van der Waals surface area contributed by atoms with E-state index in [0.29, 0.717) is 10.8 Å². The molecule has 0 aliphatic heterocycles. The monoisotopic (exact) mass is 210 g/mol. The molecule has 0 amide bonds. The van der Waals surface area contributed by atoms with Gasteiger partial charge in [-0.1, -0.05) is 60.3 Å². The SMILES string of the molecule is CC1CCCC(C)(C)CCCCC1(C)C. The third kappa shape index (κ3) is 4.17. The highest BCUT2D eigenvalue weighted by Crippen LogP contribution is 2.40. The van der Waals surface area contributed by atoms with Gasteiger partial charge in [-0.25, -0.2) is 0 Å². The van der Waals surface area contributed by atoms with Crippen LogP contribution in [0.4, 0.5) is 0 Å². The lowest BCUT2D eigenvalue weighted by Gasteiger charge is -2.35. The Labute approximate surface area is 96.8 Å². The van der Waals surface area contributed by atoms with Gasteiger partial charge in [-0.3, -0.25) is 0 Å². The Balaban J connectivity index is 2.55. The van der Waals surface area contributed by atoms with Crippen LogP contribution in [-0.2, 0) is 0 Å². The van der Waals surface area contributed by atoms with E-state index in [0.717, 1.165) is 5.92 Å². The molecule has 0 bridgehead atoms. The molecule has 0 radical (unpaired) electrons. The second kappa shape index (κ2) is 4.89. The van der Waals surface area contributed by atoms with Crippen LogP contribution in [0.15, 0.2) is 0 Å². The Bertz CT molecular complexity index is 188. The van der Waals surface area contributed by atoms with E-state index in [2.05, 4.69) is 34.6 Å². The van der Waals surface area contributed by atoms with Crippen molar-refractivity contribution >= 4 is 0 Å². The molecule has 0 aromatic heterocycles. The highest BCUT2D eigenvalue weighted by molar-refractivity contribution is 4.79. The fraction of sp³-hybridized carbons (Fsp3) is 1.00. The predicted octanol–water partition coefficient (Wildman–Crippen LogP) is 5.42. The average Bonchev–Trinajstić information content (AvgIpc) is 2.11. The van der Waals surface area contributed by atoms with Gasteiger partial charge in [0.15, 0.2) is 0 Å². The lowest BCUT2D eigenvalue weighted by molar-refractivity contribution is 0.162. The lowest BCUT2D eigenvalue weighted by atomic mass is 9.70. The van der Waals surface area contributed by atoms with E-state index in [-0.39, 0.29) is 0 Å². The van der Waals surface area contributed by atoms with Crippen molar-refractivity contribution in [2.75, 3.05) is 0 Å². The molecule has 15 heavy (non-hydrogen) atoms. The number of rotatable bonds is 0. The molecule has 1 saturated carbocycles. The van der Waals surface area contributed by atoms with Crippen molar-refractivity contribution in [3.05, 3.63) is 0 Å². The van der Waals surface area contributed by atoms with E-state index in [4.69, 9.17) is 0 Å². The van der Waals surface area contributed by atoms with Crippen LogP contribution in [0.25, 0.3) is 0 Å². The van der Waals surface area contributed by atoms with E-state index in [1.165, 1.54) is 44.9 Å². The molecule has 0 aromatic carbocycles. The molecule has 1 unspecified atom stereocenters. The third-order valence-electron chi connectivity index (χ3n) is 4.75. The first-order chi connectivity index (χ1) is 6.83. The van der Waals surface area contributed by atoms with Gasteiger partial charge in [0.2, 0.25) is 0 Å². The van der Waals surface area contributed by atoms with Crippen LogP contribution in [0, 0.1) is 16.7 Å². The largest absolute Gasteiger partial charge is 0.0620 e. The topological polar surface area (TPSA) is 0 Å². The van der Waals surface area contributed by atoms with Gasteiger partial charge in [-0.05, 0) is 36.0 Å². The van der Waals surface area contributed by atoms with Crippen molar-refractivity contribution in [2.45, 2.75) is 79.6 Å². The zero-order valence-corrected chi connectivity index (χ0v) is 11.5. The zero-order valence-electron chi connectivity index (χ0n) is 11.5. The summed E-state index contributed by atoms with van der Waals surface area (Å²) >= 11 is 0. The summed E-state index contributed by atoms with van der Waals surface area (Å²) in [5.74, 6) is 0.895. The molecule has 0 N–H and O–H groups in total. The van der Waals surface area contributed by atoms with E-state index < -0.39 is 0 Å². The summed E-state index contributed by atoms with van der Waals surface area (Å²) in [6, 6.07) is 0. The first kappa shape index (κ1) is 13.1. The van der Waals surface area contributed by atoms with Crippen molar-refractivity contribution in [1.29, 1.82) is 0 Å². The smallest absolute Gasteiger partial charge is 0.0329 e. The Morgan fingerprint density at radius 3 is 2.00 bits per heavy atom. The quantitative estimate of drug-likeness (QED) is 0.501. The van der Waals surface area contributed by atoms with Gasteiger partial charge in [0.1, 0.15) is 0 Å². The minimum absolute atomic E-state index is 0.571. The van der Waals surface area contributed by atoms with Crippen molar-refractivity contribution in [1.82, 2.24) is 0 Å². The Morgan fingerprint density at radius 2 is 1.33 bits per heavy atom. The number of hydrogen-bond acceptors (Lipinski definition) is 0. The maximum absolute atomic E-state index is 2.46. The summed E-state index contributed by atoms with van der Waals surface area (Å²) in [6.45, 7) is 12.3. The fourth-order valence-electron chi connectivity index (χ4n) is 2.83. The van der Waals surface area contributed by atoms with Gasteiger partial charge in [0, 0.05) is 0 Å².